The van der Waals surface area contributed by atoms with Crippen LogP contribution in [0.3, 0.4) is 0 Å². The van der Waals surface area contributed by atoms with Crippen molar-refractivity contribution in [3.8, 4) is 11.1 Å². The Morgan fingerprint density at radius 3 is 2.51 bits per heavy atom. The molecule has 1 aliphatic rings. The number of nitrogens with one attached hydrogen (secondary N) is 1. The van der Waals surface area contributed by atoms with Gasteiger partial charge in [-0.1, -0.05) is 0 Å². The summed E-state index contributed by atoms with van der Waals surface area (Å²) in [6.45, 7) is 1.61. The monoisotopic (exact) mass is 529 g/mol. The maximum Gasteiger partial charge on any atom is 0.419 e. The van der Waals surface area contributed by atoms with Crippen LogP contribution in [-0.2, 0) is 18.0 Å². The lowest BCUT2D eigenvalue weighted by Gasteiger charge is -2.43. The van der Waals surface area contributed by atoms with Gasteiger partial charge in [-0.05, 0) is 19.9 Å². The van der Waals surface area contributed by atoms with Crippen molar-refractivity contribution in [2.24, 2.45) is 7.05 Å². The average molecular weight is 529 g/mol. The van der Waals surface area contributed by atoms with Crippen molar-refractivity contribution >= 4 is 11.9 Å². The zero-order chi connectivity index (χ0) is 27.1. The van der Waals surface area contributed by atoms with E-state index in [1.165, 1.54) is 17.8 Å². The molecule has 3 aromatic rings. The molecule has 1 fully saturated rings. The van der Waals surface area contributed by atoms with E-state index in [-0.39, 0.29) is 29.3 Å². The SMILES string of the molecule is Cc1c(-c2cncc(F)c2)c(C(=O)N2CC(F)(F)O[C@@H](C)[C@H]2CNc2ncc(C(F)(F)F)cn2)nn1C. The number of hydrogen-bond acceptors (Lipinski definition) is 7. The lowest BCUT2D eigenvalue weighted by molar-refractivity contribution is -0.298. The molecule has 4 rings (SSSR count). The summed E-state index contributed by atoms with van der Waals surface area (Å²) in [4.78, 5) is 25.5. The Kier molecular flexibility index (Phi) is 6.83. The fraction of sp³-hybridized carbons (Fsp3) is 0.409. The number of carbonyl (C=O) groups excluding carboxylic acids is 1. The van der Waals surface area contributed by atoms with E-state index in [9.17, 15) is 31.1 Å². The number of halogens is 6. The van der Waals surface area contributed by atoms with Crippen LogP contribution in [0, 0.1) is 12.7 Å². The van der Waals surface area contributed by atoms with Crippen LogP contribution in [0.4, 0.5) is 32.3 Å². The summed E-state index contributed by atoms with van der Waals surface area (Å²) < 4.78 is 87.1. The first-order chi connectivity index (χ1) is 17.3. The van der Waals surface area contributed by atoms with E-state index in [0.717, 1.165) is 17.2 Å². The molecule has 9 nitrogen and oxygen atoms in total. The normalized spacial score (nSPS) is 19.6. The number of hydrogen-bond donors (Lipinski definition) is 1. The van der Waals surface area contributed by atoms with Crippen molar-refractivity contribution < 1.29 is 35.9 Å². The van der Waals surface area contributed by atoms with E-state index in [2.05, 4.69) is 25.4 Å². The minimum absolute atomic E-state index is 0.201. The van der Waals surface area contributed by atoms with Gasteiger partial charge in [-0.2, -0.15) is 27.1 Å². The van der Waals surface area contributed by atoms with Crippen LogP contribution >= 0.6 is 0 Å². The van der Waals surface area contributed by atoms with Gasteiger partial charge >= 0.3 is 12.3 Å². The molecule has 1 N–H and O–H groups in total. The number of nitrogens with zero attached hydrogens (tertiary/aromatic N) is 6. The molecule has 0 unspecified atom stereocenters. The zero-order valence-corrected chi connectivity index (χ0v) is 19.7. The molecule has 0 saturated carbocycles. The quantitative estimate of drug-likeness (QED) is 0.504. The standard InChI is InChI=1S/C22H21F6N7O2/c1-11-17(13-4-15(23)8-29-5-13)18(33-34(11)3)19(36)35-10-21(24,25)37-12(2)16(35)9-32-20-30-6-14(7-31-20)22(26,27)28/h4-8,12,16H,9-10H2,1-3H3,(H,30,31,32)/t12-,16+/m0/s1. The van der Waals surface area contributed by atoms with Gasteiger partial charge in [-0.3, -0.25) is 14.5 Å². The van der Waals surface area contributed by atoms with E-state index < -0.39 is 48.3 Å². The second kappa shape index (κ2) is 9.61. The zero-order valence-electron chi connectivity index (χ0n) is 19.7. The third kappa shape index (κ3) is 5.50. The Morgan fingerprint density at radius 2 is 1.89 bits per heavy atom. The van der Waals surface area contributed by atoms with Crippen LogP contribution < -0.4 is 5.32 Å². The molecule has 2 atom stereocenters. The molecule has 1 saturated heterocycles. The number of aryl methyl sites for hydroxylation is 1. The fourth-order valence-electron chi connectivity index (χ4n) is 4.00. The Hall–Kier alpha value is -3.75. The first-order valence-electron chi connectivity index (χ1n) is 10.9. The second-order valence-electron chi connectivity index (χ2n) is 8.46. The predicted molar refractivity (Wildman–Crippen MR) is 117 cm³/mol. The van der Waals surface area contributed by atoms with E-state index in [0.29, 0.717) is 18.1 Å². The Balaban J connectivity index is 1.65. The number of anilines is 1. The number of ether oxygens (including phenoxy) is 1. The van der Waals surface area contributed by atoms with Crippen molar-refractivity contribution in [2.45, 2.75) is 38.3 Å². The summed E-state index contributed by atoms with van der Waals surface area (Å²) in [5.74, 6) is -1.74. The van der Waals surface area contributed by atoms with Gasteiger partial charge in [0, 0.05) is 49.0 Å². The molecule has 1 aliphatic heterocycles. The van der Waals surface area contributed by atoms with Crippen molar-refractivity contribution in [3.05, 3.63) is 53.6 Å². The van der Waals surface area contributed by atoms with Gasteiger partial charge in [0.25, 0.3) is 5.91 Å². The summed E-state index contributed by atoms with van der Waals surface area (Å²) in [7, 11) is 1.54. The third-order valence-corrected chi connectivity index (χ3v) is 5.89. The molecule has 4 heterocycles. The maximum absolute atomic E-state index is 14.4. The van der Waals surface area contributed by atoms with Crippen LogP contribution in [0.2, 0.25) is 0 Å². The topological polar surface area (TPSA) is 98.1 Å². The molecule has 0 aromatic carbocycles. The molecule has 0 aliphatic carbocycles. The van der Waals surface area contributed by atoms with Gasteiger partial charge < -0.3 is 15.0 Å². The largest absolute Gasteiger partial charge is 0.419 e. The Bertz CT molecular complexity index is 1300. The highest BCUT2D eigenvalue weighted by atomic mass is 19.4. The highest BCUT2D eigenvalue weighted by molar-refractivity contribution is 6.00. The maximum atomic E-state index is 14.4. The summed E-state index contributed by atoms with van der Waals surface area (Å²) >= 11 is 0. The van der Waals surface area contributed by atoms with Crippen molar-refractivity contribution in [2.75, 3.05) is 18.4 Å². The molecule has 198 valence electrons. The minimum atomic E-state index is -4.63. The fourth-order valence-corrected chi connectivity index (χ4v) is 4.00. The molecular weight excluding hydrogens is 508 g/mol. The van der Waals surface area contributed by atoms with E-state index >= 15 is 0 Å². The number of alkyl halides is 5. The minimum Gasteiger partial charge on any atom is -0.352 e. The number of morpholine rings is 1. The smallest absolute Gasteiger partial charge is 0.352 e. The van der Waals surface area contributed by atoms with Crippen molar-refractivity contribution in [3.63, 3.8) is 0 Å². The number of rotatable bonds is 5. The van der Waals surface area contributed by atoms with Gasteiger partial charge in [-0.15, -0.1) is 0 Å². The number of pyridine rings is 1. The third-order valence-electron chi connectivity index (χ3n) is 5.89. The molecule has 15 heteroatoms. The Labute approximate surface area is 206 Å². The highest BCUT2D eigenvalue weighted by Crippen LogP contribution is 2.33. The summed E-state index contributed by atoms with van der Waals surface area (Å²) in [5.41, 5.74) is -0.340. The summed E-state index contributed by atoms with van der Waals surface area (Å²) in [6, 6.07) is 0.129. The molecule has 0 radical (unpaired) electrons. The Morgan fingerprint density at radius 1 is 1.22 bits per heavy atom. The number of aromatic nitrogens is 5. The van der Waals surface area contributed by atoms with Gasteiger partial charge in [0.05, 0.1) is 23.9 Å². The molecular formula is C22H21F6N7O2. The molecule has 0 spiro atoms. The second-order valence-corrected chi connectivity index (χ2v) is 8.46. The highest BCUT2D eigenvalue weighted by Gasteiger charge is 2.48. The molecule has 0 bridgehead atoms. The van der Waals surface area contributed by atoms with Gasteiger partial charge in [0.2, 0.25) is 5.95 Å². The van der Waals surface area contributed by atoms with Crippen LogP contribution in [0.1, 0.15) is 28.7 Å². The van der Waals surface area contributed by atoms with E-state index in [1.807, 2.05) is 0 Å². The lowest BCUT2D eigenvalue weighted by atomic mass is 10.0. The molecule has 1 amide bonds. The van der Waals surface area contributed by atoms with Gasteiger partial charge in [0.15, 0.2) is 5.69 Å². The number of amides is 1. The summed E-state index contributed by atoms with van der Waals surface area (Å²) in [5, 5.41) is 6.85. The van der Waals surface area contributed by atoms with Crippen molar-refractivity contribution in [1.82, 2.24) is 29.6 Å². The van der Waals surface area contributed by atoms with Gasteiger partial charge in [-0.25, -0.2) is 14.4 Å². The van der Waals surface area contributed by atoms with Crippen LogP contribution in [0.25, 0.3) is 11.1 Å². The van der Waals surface area contributed by atoms with Gasteiger partial charge in [0.1, 0.15) is 12.4 Å². The van der Waals surface area contributed by atoms with E-state index in [4.69, 9.17) is 4.74 Å². The van der Waals surface area contributed by atoms with Crippen LogP contribution in [0.15, 0.2) is 30.9 Å². The summed E-state index contributed by atoms with van der Waals surface area (Å²) in [6.07, 6.45) is -6.06. The lowest BCUT2D eigenvalue weighted by Crippen LogP contribution is -2.61. The number of carbonyl (C=O) groups is 1. The predicted octanol–water partition coefficient (Wildman–Crippen LogP) is 3.67. The van der Waals surface area contributed by atoms with Crippen molar-refractivity contribution in [1.29, 1.82) is 0 Å². The molecule has 37 heavy (non-hydrogen) atoms. The van der Waals surface area contributed by atoms with Crippen LogP contribution in [-0.4, -0.2) is 66.9 Å². The first-order valence-corrected chi connectivity index (χ1v) is 10.9. The average Bonchev–Trinajstić information content (AvgIpc) is 3.11. The van der Waals surface area contributed by atoms with Crippen LogP contribution in [0.5, 0.6) is 0 Å². The first kappa shape index (κ1) is 26.3. The molecule has 3 aromatic heterocycles. The van der Waals surface area contributed by atoms with E-state index in [1.54, 1.807) is 14.0 Å².